The average Bonchev–Trinajstić information content (AvgIpc) is 2.72. The minimum atomic E-state index is -0.180. The maximum Gasteiger partial charge on any atom is 0.161 e. The topological polar surface area (TPSA) is 57.4 Å². The van der Waals surface area contributed by atoms with E-state index in [-0.39, 0.29) is 6.04 Å². The lowest BCUT2D eigenvalue weighted by Crippen LogP contribution is -2.12. The third kappa shape index (κ3) is 2.53. The maximum atomic E-state index is 6.26. The molecule has 2 N–H and O–H groups in total. The van der Waals surface area contributed by atoms with E-state index in [4.69, 9.17) is 15.2 Å². The Bertz CT molecular complexity index is 557. The predicted molar refractivity (Wildman–Crippen MR) is 72.3 cm³/mol. The zero-order valence-electron chi connectivity index (χ0n) is 10.6. The number of benzene rings is 1. The molecule has 0 saturated heterocycles. The summed E-state index contributed by atoms with van der Waals surface area (Å²) in [6.07, 6.45) is 4.40. The van der Waals surface area contributed by atoms with E-state index in [1.807, 2.05) is 30.3 Å². The quantitative estimate of drug-likeness (QED) is 0.895. The molecule has 1 atom stereocenters. The number of nitrogens with two attached hydrogens (primary N) is 1. The van der Waals surface area contributed by atoms with Crippen molar-refractivity contribution in [2.24, 2.45) is 5.73 Å². The van der Waals surface area contributed by atoms with Crippen LogP contribution in [0.4, 0.5) is 0 Å². The number of hydrogen-bond acceptors (Lipinski definition) is 4. The van der Waals surface area contributed by atoms with Crippen LogP contribution in [0, 0.1) is 0 Å². The van der Waals surface area contributed by atoms with Gasteiger partial charge in [0.15, 0.2) is 11.5 Å². The zero-order valence-corrected chi connectivity index (χ0v) is 10.6. The Morgan fingerprint density at radius 2 is 1.68 bits per heavy atom. The van der Waals surface area contributed by atoms with Crippen LogP contribution in [-0.4, -0.2) is 18.2 Å². The first-order valence-corrected chi connectivity index (χ1v) is 6.39. The van der Waals surface area contributed by atoms with Gasteiger partial charge in [-0.05, 0) is 35.4 Å². The van der Waals surface area contributed by atoms with Gasteiger partial charge in [-0.1, -0.05) is 6.07 Å². The molecule has 0 saturated carbocycles. The lowest BCUT2D eigenvalue weighted by atomic mass is 10.0. The Morgan fingerprint density at radius 3 is 2.47 bits per heavy atom. The van der Waals surface area contributed by atoms with E-state index in [0.717, 1.165) is 29.0 Å². The van der Waals surface area contributed by atoms with E-state index in [2.05, 4.69) is 4.98 Å². The van der Waals surface area contributed by atoms with Gasteiger partial charge in [0.1, 0.15) is 0 Å². The molecule has 0 amide bonds. The van der Waals surface area contributed by atoms with E-state index in [0.29, 0.717) is 13.2 Å². The van der Waals surface area contributed by atoms with E-state index < -0.39 is 0 Å². The summed E-state index contributed by atoms with van der Waals surface area (Å²) in [4.78, 5) is 4.00. The monoisotopic (exact) mass is 256 g/mol. The first-order chi connectivity index (χ1) is 9.34. The minimum absolute atomic E-state index is 0.180. The van der Waals surface area contributed by atoms with Crippen LogP contribution in [0.15, 0.2) is 42.7 Å². The van der Waals surface area contributed by atoms with Gasteiger partial charge in [-0.25, -0.2) is 0 Å². The molecule has 0 aliphatic carbocycles. The molecule has 4 heteroatoms. The van der Waals surface area contributed by atoms with Gasteiger partial charge in [0.2, 0.25) is 0 Å². The van der Waals surface area contributed by atoms with E-state index in [1.165, 1.54) is 0 Å². The zero-order chi connectivity index (χ0) is 13.1. The fourth-order valence-corrected chi connectivity index (χ4v) is 2.14. The Hall–Kier alpha value is -2.07. The van der Waals surface area contributed by atoms with Crippen molar-refractivity contribution in [3.05, 3.63) is 53.9 Å². The highest BCUT2D eigenvalue weighted by Gasteiger charge is 2.14. The van der Waals surface area contributed by atoms with Crippen LogP contribution in [0.2, 0.25) is 0 Å². The third-order valence-electron chi connectivity index (χ3n) is 3.20. The van der Waals surface area contributed by atoms with Crippen molar-refractivity contribution in [1.82, 2.24) is 4.98 Å². The normalized spacial score (nSPS) is 15.6. The summed E-state index contributed by atoms with van der Waals surface area (Å²) in [5.41, 5.74) is 8.31. The number of fused-ring (bicyclic) bond motifs is 1. The Morgan fingerprint density at radius 1 is 0.947 bits per heavy atom. The molecular weight excluding hydrogens is 240 g/mol. The molecule has 0 bridgehead atoms. The molecule has 4 nitrogen and oxygen atoms in total. The van der Waals surface area contributed by atoms with Crippen LogP contribution in [-0.2, 0) is 0 Å². The van der Waals surface area contributed by atoms with Gasteiger partial charge in [-0.15, -0.1) is 0 Å². The van der Waals surface area contributed by atoms with Crippen LogP contribution < -0.4 is 15.2 Å². The van der Waals surface area contributed by atoms with Crippen molar-refractivity contribution in [3.8, 4) is 11.5 Å². The molecule has 2 heterocycles. The molecule has 0 radical (unpaired) electrons. The van der Waals surface area contributed by atoms with Gasteiger partial charge in [-0.3, -0.25) is 4.98 Å². The van der Waals surface area contributed by atoms with Crippen LogP contribution in [0.25, 0.3) is 0 Å². The van der Waals surface area contributed by atoms with Crippen molar-refractivity contribution in [3.63, 3.8) is 0 Å². The smallest absolute Gasteiger partial charge is 0.161 e. The molecule has 0 fully saturated rings. The molecular formula is C15H16N2O2. The van der Waals surface area contributed by atoms with Gasteiger partial charge < -0.3 is 15.2 Å². The summed E-state index contributed by atoms with van der Waals surface area (Å²) in [5, 5.41) is 0. The SMILES string of the molecule is NC(c1ccncc1)c1ccc2c(c1)OCCCO2. The highest BCUT2D eigenvalue weighted by Crippen LogP contribution is 2.33. The van der Waals surface area contributed by atoms with E-state index >= 15 is 0 Å². The Labute approximate surface area is 112 Å². The number of rotatable bonds is 2. The standard InChI is InChI=1S/C15H16N2O2/c16-15(11-4-6-17-7-5-11)12-2-3-13-14(10-12)19-9-1-8-18-13/h2-7,10,15H,1,8-9,16H2. The second-order valence-corrected chi connectivity index (χ2v) is 4.51. The van der Waals surface area contributed by atoms with E-state index in [9.17, 15) is 0 Å². The maximum absolute atomic E-state index is 6.26. The van der Waals surface area contributed by atoms with Crippen molar-refractivity contribution < 1.29 is 9.47 Å². The Balaban J connectivity index is 1.91. The Kier molecular flexibility index (Phi) is 3.33. The number of ether oxygens (including phenoxy) is 2. The summed E-state index contributed by atoms with van der Waals surface area (Å²) < 4.78 is 11.3. The van der Waals surface area contributed by atoms with Crippen molar-refractivity contribution in [1.29, 1.82) is 0 Å². The van der Waals surface area contributed by atoms with Crippen LogP contribution in [0.3, 0.4) is 0 Å². The van der Waals surface area contributed by atoms with Gasteiger partial charge >= 0.3 is 0 Å². The number of nitrogens with zero attached hydrogens (tertiary/aromatic N) is 1. The number of pyridine rings is 1. The van der Waals surface area contributed by atoms with Gasteiger partial charge in [0, 0.05) is 18.8 Å². The molecule has 1 aliphatic rings. The number of aromatic nitrogens is 1. The van der Waals surface area contributed by atoms with Crippen molar-refractivity contribution in [2.45, 2.75) is 12.5 Å². The summed E-state index contributed by atoms with van der Waals surface area (Å²) in [6.45, 7) is 1.38. The van der Waals surface area contributed by atoms with E-state index in [1.54, 1.807) is 12.4 Å². The minimum Gasteiger partial charge on any atom is -0.490 e. The molecule has 3 rings (SSSR count). The highest BCUT2D eigenvalue weighted by molar-refractivity contribution is 5.46. The second-order valence-electron chi connectivity index (χ2n) is 4.51. The van der Waals surface area contributed by atoms with Crippen LogP contribution in [0.1, 0.15) is 23.6 Å². The first-order valence-electron chi connectivity index (χ1n) is 6.39. The lowest BCUT2D eigenvalue weighted by Gasteiger charge is -2.15. The number of hydrogen-bond donors (Lipinski definition) is 1. The average molecular weight is 256 g/mol. The van der Waals surface area contributed by atoms with Gasteiger partial charge in [0.05, 0.1) is 19.3 Å². The summed E-state index contributed by atoms with van der Waals surface area (Å²) in [7, 11) is 0. The van der Waals surface area contributed by atoms with Gasteiger partial charge in [-0.2, -0.15) is 0 Å². The largest absolute Gasteiger partial charge is 0.490 e. The molecule has 98 valence electrons. The molecule has 1 aliphatic heterocycles. The molecule has 1 aromatic carbocycles. The summed E-state index contributed by atoms with van der Waals surface area (Å²) in [5.74, 6) is 1.57. The fraction of sp³-hybridized carbons (Fsp3) is 0.267. The molecule has 2 aromatic rings. The van der Waals surface area contributed by atoms with Crippen LogP contribution >= 0.6 is 0 Å². The molecule has 19 heavy (non-hydrogen) atoms. The second kappa shape index (κ2) is 5.28. The summed E-state index contributed by atoms with van der Waals surface area (Å²) >= 11 is 0. The highest BCUT2D eigenvalue weighted by atomic mass is 16.5. The molecule has 1 unspecified atom stereocenters. The first kappa shape index (κ1) is 12.0. The molecule has 0 spiro atoms. The van der Waals surface area contributed by atoms with Crippen molar-refractivity contribution >= 4 is 0 Å². The summed E-state index contributed by atoms with van der Waals surface area (Å²) in [6, 6.07) is 9.54. The molecule has 1 aromatic heterocycles. The van der Waals surface area contributed by atoms with Gasteiger partial charge in [0.25, 0.3) is 0 Å². The predicted octanol–water partition coefficient (Wildman–Crippen LogP) is 2.29. The fourth-order valence-electron chi connectivity index (χ4n) is 2.14. The lowest BCUT2D eigenvalue weighted by molar-refractivity contribution is 0.297. The van der Waals surface area contributed by atoms with Crippen LogP contribution in [0.5, 0.6) is 11.5 Å². The third-order valence-corrected chi connectivity index (χ3v) is 3.20. The van der Waals surface area contributed by atoms with Crippen molar-refractivity contribution in [2.75, 3.05) is 13.2 Å².